The molecule has 20 heavy (non-hydrogen) atoms. The molecule has 1 rings (SSSR count). The van der Waals surface area contributed by atoms with Gasteiger partial charge < -0.3 is 19.7 Å². The van der Waals surface area contributed by atoms with E-state index in [1.165, 1.54) is 12.1 Å². The van der Waals surface area contributed by atoms with E-state index in [1.807, 2.05) is 0 Å². The third kappa shape index (κ3) is 4.83. The average molecular weight is 286 g/mol. The van der Waals surface area contributed by atoms with Gasteiger partial charge in [-0.3, -0.25) is 0 Å². The van der Waals surface area contributed by atoms with Crippen LogP contribution in [0.3, 0.4) is 0 Å². The number of methoxy groups -OCH3 is 1. The maximum atomic E-state index is 12.9. The SMILES string of the molecule is COCCCOCCC(CO)(CO)c1ccc(F)cc1. The molecule has 0 unspecified atom stereocenters. The minimum absolute atomic E-state index is 0.212. The second-order valence-electron chi connectivity index (χ2n) is 4.81. The summed E-state index contributed by atoms with van der Waals surface area (Å²) in [5, 5.41) is 19.2. The second kappa shape index (κ2) is 9.02. The number of halogens is 1. The zero-order valence-corrected chi connectivity index (χ0v) is 11.8. The summed E-state index contributed by atoms with van der Waals surface area (Å²) < 4.78 is 23.3. The van der Waals surface area contributed by atoms with Crippen LogP contribution in [-0.2, 0) is 14.9 Å². The Kier molecular flexibility index (Phi) is 7.69. The van der Waals surface area contributed by atoms with Crippen LogP contribution in [0.2, 0.25) is 0 Å². The maximum Gasteiger partial charge on any atom is 0.123 e. The fourth-order valence-electron chi connectivity index (χ4n) is 2.01. The molecule has 0 amide bonds. The van der Waals surface area contributed by atoms with Crippen LogP contribution >= 0.6 is 0 Å². The molecule has 0 saturated carbocycles. The van der Waals surface area contributed by atoms with Gasteiger partial charge in [0.25, 0.3) is 0 Å². The van der Waals surface area contributed by atoms with Crippen molar-refractivity contribution < 1.29 is 24.1 Å². The number of aliphatic hydroxyl groups excluding tert-OH is 2. The summed E-state index contributed by atoms with van der Waals surface area (Å²) in [6.45, 7) is 1.21. The predicted octanol–water partition coefficient (Wildman–Crippen LogP) is 1.49. The molecule has 0 heterocycles. The number of rotatable bonds is 10. The molecule has 4 nitrogen and oxygen atoms in total. The lowest BCUT2D eigenvalue weighted by molar-refractivity contribution is 0.0547. The predicted molar refractivity (Wildman–Crippen MR) is 74.2 cm³/mol. The van der Waals surface area contributed by atoms with E-state index in [1.54, 1.807) is 19.2 Å². The van der Waals surface area contributed by atoms with Gasteiger partial charge >= 0.3 is 0 Å². The molecule has 1 aromatic carbocycles. The quantitative estimate of drug-likeness (QED) is 0.640. The lowest BCUT2D eigenvalue weighted by atomic mass is 9.79. The largest absolute Gasteiger partial charge is 0.395 e. The Morgan fingerprint density at radius 2 is 1.70 bits per heavy atom. The van der Waals surface area contributed by atoms with Crippen molar-refractivity contribution in [2.45, 2.75) is 18.3 Å². The molecule has 5 heteroatoms. The van der Waals surface area contributed by atoms with Gasteiger partial charge in [0.1, 0.15) is 5.82 Å². The summed E-state index contributed by atoms with van der Waals surface area (Å²) in [5.41, 5.74) is -0.0843. The highest BCUT2D eigenvalue weighted by atomic mass is 19.1. The molecule has 0 saturated heterocycles. The first-order chi connectivity index (χ1) is 9.68. The maximum absolute atomic E-state index is 12.9. The van der Waals surface area contributed by atoms with Crippen LogP contribution < -0.4 is 0 Å². The normalized spacial score (nSPS) is 11.8. The van der Waals surface area contributed by atoms with Crippen molar-refractivity contribution >= 4 is 0 Å². The molecule has 0 fully saturated rings. The zero-order valence-electron chi connectivity index (χ0n) is 11.8. The van der Waals surface area contributed by atoms with Crippen molar-refractivity contribution in [3.8, 4) is 0 Å². The molecular weight excluding hydrogens is 263 g/mol. The highest BCUT2D eigenvalue weighted by Crippen LogP contribution is 2.27. The first-order valence-corrected chi connectivity index (χ1v) is 6.73. The molecule has 2 N–H and O–H groups in total. The third-order valence-corrected chi connectivity index (χ3v) is 3.42. The Balaban J connectivity index is 2.56. The Labute approximate surface area is 119 Å². The van der Waals surface area contributed by atoms with Crippen molar-refractivity contribution in [2.24, 2.45) is 0 Å². The lowest BCUT2D eigenvalue weighted by Crippen LogP contribution is -2.36. The molecule has 0 aromatic heterocycles. The number of ether oxygens (including phenoxy) is 2. The van der Waals surface area contributed by atoms with Gasteiger partial charge in [0.05, 0.1) is 13.2 Å². The highest BCUT2D eigenvalue weighted by Gasteiger charge is 2.30. The summed E-state index contributed by atoms with van der Waals surface area (Å²) in [4.78, 5) is 0. The van der Waals surface area contributed by atoms with E-state index < -0.39 is 5.41 Å². The van der Waals surface area contributed by atoms with Crippen LogP contribution in [0.15, 0.2) is 24.3 Å². The summed E-state index contributed by atoms with van der Waals surface area (Å²) >= 11 is 0. The summed E-state index contributed by atoms with van der Waals surface area (Å²) in [6, 6.07) is 5.84. The Morgan fingerprint density at radius 1 is 1.05 bits per heavy atom. The van der Waals surface area contributed by atoms with E-state index in [-0.39, 0.29) is 19.0 Å². The fourth-order valence-corrected chi connectivity index (χ4v) is 2.01. The smallest absolute Gasteiger partial charge is 0.123 e. The molecule has 0 aliphatic rings. The number of aliphatic hydroxyl groups is 2. The van der Waals surface area contributed by atoms with Gasteiger partial charge in [0.2, 0.25) is 0 Å². The van der Waals surface area contributed by atoms with Gasteiger partial charge in [-0.15, -0.1) is 0 Å². The first-order valence-electron chi connectivity index (χ1n) is 6.73. The van der Waals surface area contributed by atoms with E-state index in [9.17, 15) is 14.6 Å². The van der Waals surface area contributed by atoms with E-state index in [0.29, 0.717) is 31.8 Å². The molecule has 0 aliphatic carbocycles. The third-order valence-electron chi connectivity index (χ3n) is 3.42. The minimum Gasteiger partial charge on any atom is -0.395 e. The van der Waals surface area contributed by atoms with E-state index in [2.05, 4.69) is 0 Å². The summed E-state index contributed by atoms with van der Waals surface area (Å²) in [6.07, 6.45) is 1.27. The van der Waals surface area contributed by atoms with Gasteiger partial charge in [-0.05, 0) is 30.5 Å². The van der Waals surface area contributed by atoms with E-state index >= 15 is 0 Å². The fraction of sp³-hybridized carbons (Fsp3) is 0.600. The van der Waals surface area contributed by atoms with Crippen LogP contribution in [-0.4, -0.2) is 50.4 Å². The average Bonchev–Trinajstić information content (AvgIpc) is 2.48. The number of hydrogen-bond acceptors (Lipinski definition) is 4. The van der Waals surface area contributed by atoms with Gasteiger partial charge in [-0.2, -0.15) is 0 Å². The Bertz CT molecular complexity index is 363. The minimum atomic E-state index is -0.797. The molecule has 0 bridgehead atoms. The molecular formula is C15H23FO4. The van der Waals surface area contributed by atoms with E-state index in [4.69, 9.17) is 9.47 Å². The van der Waals surface area contributed by atoms with Crippen molar-refractivity contribution in [3.05, 3.63) is 35.6 Å². The van der Waals surface area contributed by atoms with E-state index in [0.717, 1.165) is 6.42 Å². The monoisotopic (exact) mass is 286 g/mol. The van der Waals surface area contributed by atoms with Gasteiger partial charge in [-0.25, -0.2) is 4.39 Å². The van der Waals surface area contributed by atoms with Crippen LogP contribution in [0, 0.1) is 5.82 Å². The summed E-state index contributed by atoms with van der Waals surface area (Å²) in [5.74, 6) is -0.339. The molecule has 0 radical (unpaired) electrons. The Morgan fingerprint density at radius 3 is 2.25 bits per heavy atom. The summed E-state index contributed by atoms with van der Waals surface area (Å²) in [7, 11) is 1.64. The van der Waals surface area contributed by atoms with Crippen LogP contribution in [0.4, 0.5) is 4.39 Å². The van der Waals surface area contributed by atoms with Crippen LogP contribution in [0.5, 0.6) is 0 Å². The number of benzene rings is 1. The van der Waals surface area contributed by atoms with Gasteiger partial charge in [0, 0.05) is 32.3 Å². The topological polar surface area (TPSA) is 58.9 Å². The number of hydrogen-bond donors (Lipinski definition) is 2. The molecule has 114 valence electrons. The van der Waals surface area contributed by atoms with Crippen molar-refractivity contribution in [1.82, 2.24) is 0 Å². The van der Waals surface area contributed by atoms with Gasteiger partial charge in [0.15, 0.2) is 0 Å². The zero-order chi connectivity index (χ0) is 14.8. The molecule has 0 aliphatic heterocycles. The highest BCUT2D eigenvalue weighted by molar-refractivity contribution is 5.26. The second-order valence-corrected chi connectivity index (χ2v) is 4.81. The van der Waals surface area contributed by atoms with Gasteiger partial charge in [-0.1, -0.05) is 12.1 Å². The molecule has 1 aromatic rings. The van der Waals surface area contributed by atoms with Crippen LogP contribution in [0.25, 0.3) is 0 Å². The van der Waals surface area contributed by atoms with Crippen molar-refractivity contribution in [3.63, 3.8) is 0 Å². The standard InChI is InChI=1S/C15H23FO4/c1-19-8-2-9-20-10-7-15(11-17,12-18)13-3-5-14(16)6-4-13/h3-6,17-18H,2,7-12H2,1H3. The molecule has 0 atom stereocenters. The molecule has 0 spiro atoms. The first kappa shape index (κ1) is 17.0. The van der Waals surface area contributed by atoms with Crippen molar-refractivity contribution in [1.29, 1.82) is 0 Å². The Hall–Kier alpha value is -1.01. The van der Waals surface area contributed by atoms with Crippen LogP contribution in [0.1, 0.15) is 18.4 Å². The lowest BCUT2D eigenvalue weighted by Gasteiger charge is -2.30. The van der Waals surface area contributed by atoms with Crippen molar-refractivity contribution in [2.75, 3.05) is 40.1 Å².